The Morgan fingerprint density at radius 1 is 0.850 bits per heavy atom. The maximum absolute atomic E-state index is 12.5. The van der Waals surface area contributed by atoms with Crippen LogP contribution in [0.25, 0.3) is 28.2 Å². The van der Waals surface area contributed by atoms with Crippen molar-refractivity contribution in [2.24, 2.45) is 5.10 Å². The van der Waals surface area contributed by atoms with Gasteiger partial charge >= 0.3 is 0 Å². The van der Waals surface area contributed by atoms with E-state index in [2.05, 4.69) is 45.4 Å². The van der Waals surface area contributed by atoms with Gasteiger partial charge in [0.1, 0.15) is 11.5 Å². The number of hydrazone groups is 1. The van der Waals surface area contributed by atoms with Gasteiger partial charge in [-0.1, -0.05) is 84.4 Å². The smallest absolute Gasteiger partial charge is 0.277 e. The van der Waals surface area contributed by atoms with Gasteiger partial charge < -0.3 is 14.0 Å². The van der Waals surface area contributed by atoms with E-state index in [4.69, 9.17) is 21.1 Å². The van der Waals surface area contributed by atoms with E-state index in [1.807, 2.05) is 67.6 Å². The lowest BCUT2D eigenvalue weighted by molar-refractivity contribution is -0.123. The van der Waals surface area contributed by atoms with Crippen molar-refractivity contribution in [3.05, 3.63) is 126 Å². The molecule has 0 aliphatic heterocycles. The third-order valence-corrected chi connectivity index (χ3v) is 6.45. The third-order valence-electron chi connectivity index (χ3n) is 6.14. The lowest BCUT2D eigenvalue weighted by Crippen LogP contribution is -2.24. The number of carbonyl (C=O) groups is 1. The Morgan fingerprint density at radius 2 is 1.50 bits per heavy atom. The zero-order valence-corrected chi connectivity index (χ0v) is 22.7. The standard InChI is InChI=1S/C33H28ClN3O3/c1-2-39-28-19-17-27(18-20-28)37-30(24-11-5-3-6-12-24)21-26(33(37)25-13-7-4-8-14-25)22-35-36-32(38)23-40-31-16-10-9-15-29(31)34/h3-22H,2,23H2,1H3,(H,36,38)/b35-22-. The topological polar surface area (TPSA) is 64.8 Å². The summed E-state index contributed by atoms with van der Waals surface area (Å²) in [7, 11) is 0. The Balaban J connectivity index is 1.51. The van der Waals surface area contributed by atoms with Crippen LogP contribution in [0.1, 0.15) is 12.5 Å². The summed E-state index contributed by atoms with van der Waals surface area (Å²) in [6.45, 7) is 2.35. The van der Waals surface area contributed by atoms with E-state index in [0.29, 0.717) is 17.4 Å². The van der Waals surface area contributed by atoms with Gasteiger partial charge in [-0.2, -0.15) is 5.10 Å². The van der Waals surface area contributed by atoms with E-state index in [0.717, 1.165) is 39.5 Å². The second-order valence-electron chi connectivity index (χ2n) is 8.84. The minimum absolute atomic E-state index is 0.213. The summed E-state index contributed by atoms with van der Waals surface area (Å²) >= 11 is 6.11. The quantitative estimate of drug-likeness (QED) is 0.146. The summed E-state index contributed by atoms with van der Waals surface area (Å²) in [5.74, 6) is 0.852. The van der Waals surface area contributed by atoms with Crippen LogP contribution in [0, 0.1) is 0 Å². The number of hydrogen-bond acceptors (Lipinski definition) is 4. The molecule has 5 rings (SSSR count). The molecule has 40 heavy (non-hydrogen) atoms. The van der Waals surface area contributed by atoms with Crippen LogP contribution in [0.2, 0.25) is 5.02 Å². The molecule has 0 aliphatic carbocycles. The van der Waals surface area contributed by atoms with Crippen LogP contribution >= 0.6 is 11.6 Å². The highest BCUT2D eigenvalue weighted by molar-refractivity contribution is 6.32. The number of benzene rings is 4. The molecule has 0 bridgehead atoms. The third kappa shape index (κ3) is 6.25. The van der Waals surface area contributed by atoms with E-state index in [1.165, 1.54) is 0 Å². The van der Waals surface area contributed by atoms with Crippen molar-refractivity contribution in [2.75, 3.05) is 13.2 Å². The number of para-hydroxylation sites is 1. The molecular weight excluding hydrogens is 522 g/mol. The molecule has 1 heterocycles. The molecule has 200 valence electrons. The first-order valence-corrected chi connectivity index (χ1v) is 13.3. The Morgan fingerprint density at radius 3 is 2.17 bits per heavy atom. The second kappa shape index (κ2) is 12.8. The lowest BCUT2D eigenvalue weighted by atomic mass is 10.1. The molecule has 1 N–H and O–H groups in total. The molecule has 0 saturated carbocycles. The highest BCUT2D eigenvalue weighted by Crippen LogP contribution is 2.35. The Labute approximate surface area is 238 Å². The van der Waals surface area contributed by atoms with Crippen molar-refractivity contribution < 1.29 is 14.3 Å². The molecule has 0 fully saturated rings. The fourth-order valence-corrected chi connectivity index (χ4v) is 4.57. The van der Waals surface area contributed by atoms with E-state index >= 15 is 0 Å². The summed E-state index contributed by atoms with van der Waals surface area (Å²) in [5.41, 5.74) is 8.35. The normalized spacial score (nSPS) is 10.9. The Bertz CT molecular complexity index is 1600. The van der Waals surface area contributed by atoms with Crippen molar-refractivity contribution in [1.82, 2.24) is 9.99 Å². The molecule has 4 aromatic carbocycles. The molecular formula is C33H28ClN3O3. The number of hydrogen-bond donors (Lipinski definition) is 1. The summed E-state index contributed by atoms with van der Waals surface area (Å²) in [4.78, 5) is 12.5. The molecule has 1 amide bonds. The van der Waals surface area contributed by atoms with Gasteiger partial charge in [0.2, 0.25) is 0 Å². The molecule has 0 radical (unpaired) electrons. The fourth-order valence-electron chi connectivity index (χ4n) is 4.38. The largest absolute Gasteiger partial charge is 0.494 e. The van der Waals surface area contributed by atoms with Crippen molar-refractivity contribution >= 4 is 23.7 Å². The minimum atomic E-state index is -0.397. The molecule has 0 aliphatic rings. The Kier molecular flexibility index (Phi) is 8.59. The summed E-state index contributed by atoms with van der Waals surface area (Å²) in [5, 5.41) is 4.71. The van der Waals surface area contributed by atoms with Crippen LogP contribution in [0.3, 0.4) is 0 Å². The predicted octanol–water partition coefficient (Wildman–Crippen LogP) is 7.39. The highest BCUT2D eigenvalue weighted by atomic mass is 35.5. The molecule has 0 saturated heterocycles. The van der Waals surface area contributed by atoms with Gasteiger partial charge in [-0.15, -0.1) is 0 Å². The highest BCUT2D eigenvalue weighted by Gasteiger charge is 2.19. The minimum Gasteiger partial charge on any atom is -0.494 e. The first kappa shape index (κ1) is 26.8. The van der Waals surface area contributed by atoms with E-state index in [-0.39, 0.29) is 6.61 Å². The van der Waals surface area contributed by atoms with Crippen LogP contribution in [-0.2, 0) is 4.79 Å². The van der Waals surface area contributed by atoms with Gasteiger partial charge in [0, 0.05) is 11.3 Å². The maximum Gasteiger partial charge on any atom is 0.277 e. The molecule has 6 nitrogen and oxygen atoms in total. The van der Waals surface area contributed by atoms with Crippen LogP contribution in [0.5, 0.6) is 11.5 Å². The maximum atomic E-state index is 12.5. The van der Waals surface area contributed by atoms with Gasteiger partial charge in [0.25, 0.3) is 5.91 Å². The molecule has 0 atom stereocenters. The first-order valence-electron chi connectivity index (χ1n) is 12.9. The number of nitrogens with zero attached hydrogens (tertiary/aromatic N) is 2. The number of amides is 1. The molecule has 0 unspecified atom stereocenters. The Hall–Kier alpha value is -4.81. The van der Waals surface area contributed by atoms with Gasteiger partial charge in [0.05, 0.1) is 29.2 Å². The number of ether oxygens (including phenoxy) is 2. The molecule has 5 aromatic rings. The fraction of sp³-hybridized carbons (Fsp3) is 0.0909. The van der Waals surface area contributed by atoms with E-state index in [9.17, 15) is 4.79 Å². The van der Waals surface area contributed by atoms with Crippen LogP contribution < -0.4 is 14.9 Å². The monoisotopic (exact) mass is 549 g/mol. The second-order valence-corrected chi connectivity index (χ2v) is 9.25. The average Bonchev–Trinajstić information content (AvgIpc) is 3.37. The number of carbonyl (C=O) groups excluding carboxylic acids is 1. The van der Waals surface area contributed by atoms with Crippen LogP contribution in [-0.4, -0.2) is 29.9 Å². The average molecular weight is 550 g/mol. The van der Waals surface area contributed by atoms with Crippen molar-refractivity contribution in [2.45, 2.75) is 6.92 Å². The zero-order chi connectivity index (χ0) is 27.7. The lowest BCUT2D eigenvalue weighted by Gasteiger charge is -2.15. The van der Waals surface area contributed by atoms with Gasteiger partial charge in [0.15, 0.2) is 6.61 Å². The SMILES string of the molecule is CCOc1ccc(-n2c(-c3ccccc3)cc(/C=N\NC(=O)COc3ccccc3Cl)c2-c2ccccc2)cc1. The van der Waals surface area contributed by atoms with Gasteiger partial charge in [-0.3, -0.25) is 4.79 Å². The summed E-state index contributed by atoms with van der Waals surface area (Å²) in [6, 6.07) is 37.4. The molecule has 7 heteroatoms. The summed E-state index contributed by atoms with van der Waals surface area (Å²) in [6.07, 6.45) is 1.66. The van der Waals surface area contributed by atoms with Crippen molar-refractivity contribution in [3.8, 4) is 39.7 Å². The molecule has 0 spiro atoms. The summed E-state index contributed by atoms with van der Waals surface area (Å²) < 4.78 is 13.4. The van der Waals surface area contributed by atoms with Crippen molar-refractivity contribution in [1.29, 1.82) is 0 Å². The van der Waals surface area contributed by atoms with Gasteiger partial charge in [-0.05, 0) is 60.5 Å². The number of rotatable bonds is 10. The number of aromatic nitrogens is 1. The van der Waals surface area contributed by atoms with Crippen molar-refractivity contribution in [3.63, 3.8) is 0 Å². The molecule has 1 aromatic heterocycles. The number of nitrogens with one attached hydrogen (secondary N) is 1. The predicted molar refractivity (Wildman–Crippen MR) is 160 cm³/mol. The van der Waals surface area contributed by atoms with Crippen LogP contribution in [0.15, 0.2) is 120 Å². The van der Waals surface area contributed by atoms with Gasteiger partial charge in [-0.25, -0.2) is 5.43 Å². The van der Waals surface area contributed by atoms with E-state index < -0.39 is 5.91 Å². The number of halogens is 1. The van der Waals surface area contributed by atoms with E-state index in [1.54, 1.807) is 30.5 Å². The first-order chi connectivity index (χ1) is 19.6. The van der Waals surface area contributed by atoms with Crippen LogP contribution in [0.4, 0.5) is 0 Å². The zero-order valence-electron chi connectivity index (χ0n) is 22.0.